The summed E-state index contributed by atoms with van der Waals surface area (Å²) in [4.78, 5) is 2.61. The Labute approximate surface area is 111 Å². The molecule has 2 N–H and O–H groups in total. The molecule has 2 unspecified atom stereocenters. The van der Waals surface area contributed by atoms with Gasteiger partial charge in [-0.15, -0.1) is 0 Å². The van der Waals surface area contributed by atoms with Crippen LogP contribution in [0.3, 0.4) is 0 Å². The van der Waals surface area contributed by atoms with Crippen molar-refractivity contribution < 1.29 is 4.74 Å². The molecule has 0 saturated carbocycles. The molecule has 0 aromatic rings. The van der Waals surface area contributed by atoms with Crippen molar-refractivity contribution >= 4 is 0 Å². The molecule has 2 aliphatic rings. The van der Waals surface area contributed by atoms with Gasteiger partial charge in [-0.25, -0.2) is 0 Å². The quantitative estimate of drug-likeness (QED) is 0.836. The summed E-state index contributed by atoms with van der Waals surface area (Å²) in [5.41, 5.74) is 7.97. The molecule has 1 fully saturated rings. The number of rotatable bonds is 4. The molecule has 0 aromatic carbocycles. The zero-order chi connectivity index (χ0) is 13.0. The van der Waals surface area contributed by atoms with E-state index in [2.05, 4.69) is 18.7 Å². The first-order valence-electron chi connectivity index (χ1n) is 7.49. The maximum atomic E-state index is 6.58. The highest BCUT2D eigenvalue weighted by Gasteiger charge is 2.38. The summed E-state index contributed by atoms with van der Waals surface area (Å²) in [6.45, 7) is 7.85. The number of likely N-dealkylation sites (tertiary alicyclic amines) is 1. The molecule has 2 atom stereocenters. The Morgan fingerprint density at radius 3 is 2.61 bits per heavy atom. The Hall–Kier alpha value is -0.540. The molecule has 0 aliphatic carbocycles. The minimum Gasteiger partial charge on any atom is -0.501 e. The first-order valence-corrected chi connectivity index (χ1v) is 7.49. The van der Waals surface area contributed by atoms with Gasteiger partial charge in [0, 0.05) is 11.6 Å². The molecular weight excluding hydrogens is 224 g/mol. The summed E-state index contributed by atoms with van der Waals surface area (Å²) in [5, 5.41) is 0. The molecular formula is C15H28N2O. The van der Waals surface area contributed by atoms with Gasteiger partial charge in [-0.2, -0.15) is 0 Å². The van der Waals surface area contributed by atoms with E-state index >= 15 is 0 Å². The van der Waals surface area contributed by atoms with Crippen molar-refractivity contribution in [2.24, 2.45) is 5.73 Å². The van der Waals surface area contributed by atoms with Crippen molar-refractivity contribution in [1.82, 2.24) is 4.90 Å². The molecule has 0 bridgehead atoms. The van der Waals surface area contributed by atoms with Gasteiger partial charge in [0.1, 0.15) is 0 Å². The Balaban J connectivity index is 2.11. The first kappa shape index (κ1) is 13.9. The predicted octanol–water partition coefficient (Wildman–Crippen LogP) is 2.66. The summed E-state index contributed by atoms with van der Waals surface area (Å²) in [5.74, 6) is 0. The number of piperidine rings is 1. The van der Waals surface area contributed by atoms with E-state index < -0.39 is 0 Å². The van der Waals surface area contributed by atoms with E-state index in [0.717, 1.165) is 25.9 Å². The van der Waals surface area contributed by atoms with Crippen LogP contribution in [0, 0.1) is 0 Å². The maximum absolute atomic E-state index is 6.58. The SMILES string of the molecule is CCC(C)(C(N)C1=COCCC1)N1CCCCC1. The first-order chi connectivity index (χ1) is 8.68. The van der Waals surface area contributed by atoms with E-state index in [4.69, 9.17) is 10.5 Å². The fraction of sp³-hybridized carbons (Fsp3) is 0.867. The molecule has 2 aliphatic heterocycles. The van der Waals surface area contributed by atoms with Crippen LogP contribution in [0.4, 0.5) is 0 Å². The molecule has 2 heterocycles. The Morgan fingerprint density at radius 2 is 2.06 bits per heavy atom. The third-order valence-corrected chi connectivity index (χ3v) is 4.83. The van der Waals surface area contributed by atoms with Crippen molar-refractivity contribution in [3.05, 3.63) is 11.8 Å². The molecule has 1 saturated heterocycles. The molecule has 3 heteroatoms. The molecule has 0 aromatic heterocycles. The fourth-order valence-electron chi connectivity index (χ4n) is 3.26. The van der Waals surface area contributed by atoms with Crippen LogP contribution in [0.1, 0.15) is 52.4 Å². The largest absolute Gasteiger partial charge is 0.501 e. The smallest absolute Gasteiger partial charge is 0.0876 e. The lowest BCUT2D eigenvalue weighted by atomic mass is 9.81. The molecule has 0 radical (unpaired) electrons. The summed E-state index contributed by atoms with van der Waals surface area (Å²) >= 11 is 0. The van der Waals surface area contributed by atoms with Gasteiger partial charge < -0.3 is 10.5 Å². The number of nitrogens with two attached hydrogens (primary N) is 1. The van der Waals surface area contributed by atoms with E-state index in [1.807, 2.05) is 6.26 Å². The molecule has 0 spiro atoms. The zero-order valence-corrected chi connectivity index (χ0v) is 12.0. The fourth-order valence-corrected chi connectivity index (χ4v) is 3.26. The van der Waals surface area contributed by atoms with Gasteiger partial charge in [-0.3, -0.25) is 4.90 Å². The number of ether oxygens (including phenoxy) is 1. The second-order valence-electron chi connectivity index (χ2n) is 5.90. The number of hydrogen-bond acceptors (Lipinski definition) is 3. The summed E-state index contributed by atoms with van der Waals surface area (Å²) in [6.07, 6.45) is 9.24. The van der Waals surface area contributed by atoms with Crippen molar-refractivity contribution in [2.45, 2.75) is 64.0 Å². The van der Waals surface area contributed by atoms with E-state index in [1.165, 1.54) is 37.9 Å². The Bertz CT molecular complexity index is 297. The van der Waals surface area contributed by atoms with Gasteiger partial charge >= 0.3 is 0 Å². The van der Waals surface area contributed by atoms with Gasteiger partial charge in [0.2, 0.25) is 0 Å². The second-order valence-corrected chi connectivity index (χ2v) is 5.90. The topological polar surface area (TPSA) is 38.5 Å². The summed E-state index contributed by atoms with van der Waals surface area (Å²) < 4.78 is 5.47. The third-order valence-electron chi connectivity index (χ3n) is 4.83. The van der Waals surface area contributed by atoms with Crippen LogP contribution >= 0.6 is 0 Å². The zero-order valence-electron chi connectivity index (χ0n) is 12.0. The van der Waals surface area contributed by atoms with Gasteiger partial charge in [0.25, 0.3) is 0 Å². The Morgan fingerprint density at radius 1 is 1.33 bits per heavy atom. The highest BCUT2D eigenvalue weighted by atomic mass is 16.5. The van der Waals surface area contributed by atoms with Crippen LogP contribution in [0.25, 0.3) is 0 Å². The van der Waals surface area contributed by atoms with Gasteiger partial charge in [0.15, 0.2) is 0 Å². The lowest BCUT2D eigenvalue weighted by Gasteiger charge is -2.47. The van der Waals surface area contributed by atoms with Crippen molar-refractivity contribution in [1.29, 1.82) is 0 Å². The van der Waals surface area contributed by atoms with Crippen molar-refractivity contribution in [3.63, 3.8) is 0 Å². The van der Waals surface area contributed by atoms with Crippen LogP contribution in [0.2, 0.25) is 0 Å². The van der Waals surface area contributed by atoms with Gasteiger partial charge in [-0.05, 0) is 57.7 Å². The van der Waals surface area contributed by atoms with Crippen LogP contribution in [0.5, 0.6) is 0 Å². The number of hydrogen-bond donors (Lipinski definition) is 1. The van der Waals surface area contributed by atoms with Crippen molar-refractivity contribution in [2.75, 3.05) is 19.7 Å². The third kappa shape index (κ3) is 2.72. The van der Waals surface area contributed by atoms with Crippen molar-refractivity contribution in [3.8, 4) is 0 Å². The predicted molar refractivity (Wildman–Crippen MR) is 75.4 cm³/mol. The lowest BCUT2D eigenvalue weighted by molar-refractivity contribution is 0.0600. The van der Waals surface area contributed by atoms with Crippen LogP contribution in [0.15, 0.2) is 11.8 Å². The maximum Gasteiger partial charge on any atom is 0.0876 e. The van der Waals surface area contributed by atoms with Gasteiger partial charge in [-0.1, -0.05) is 13.3 Å². The molecule has 18 heavy (non-hydrogen) atoms. The second kappa shape index (κ2) is 6.07. The molecule has 0 amide bonds. The van der Waals surface area contributed by atoms with Crippen LogP contribution in [-0.2, 0) is 4.74 Å². The van der Waals surface area contributed by atoms with Crippen LogP contribution < -0.4 is 5.73 Å². The molecule has 3 nitrogen and oxygen atoms in total. The monoisotopic (exact) mass is 252 g/mol. The minimum absolute atomic E-state index is 0.0902. The average molecular weight is 252 g/mol. The van der Waals surface area contributed by atoms with Gasteiger partial charge in [0.05, 0.1) is 12.9 Å². The highest BCUT2D eigenvalue weighted by Crippen LogP contribution is 2.31. The van der Waals surface area contributed by atoms with E-state index in [1.54, 1.807) is 0 Å². The Kier molecular flexibility index (Phi) is 4.68. The van der Waals surface area contributed by atoms with E-state index in [0.29, 0.717) is 0 Å². The molecule has 2 rings (SSSR count). The number of nitrogens with zero attached hydrogens (tertiary/aromatic N) is 1. The summed E-state index contributed by atoms with van der Waals surface area (Å²) in [6, 6.07) is 0.112. The normalized spacial score (nSPS) is 26.9. The van der Waals surface area contributed by atoms with Crippen LogP contribution in [-0.4, -0.2) is 36.2 Å². The summed E-state index contributed by atoms with van der Waals surface area (Å²) in [7, 11) is 0. The standard InChI is InChI=1S/C15H28N2O/c1-3-15(2,17-9-5-4-6-10-17)14(16)13-8-7-11-18-12-13/h12,14H,3-11,16H2,1-2H3. The minimum atomic E-state index is 0.0902. The molecule has 104 valence electrons. The van der Waals surface area contributed by atoms with E-state index in [-0.39, 0.29) is 11.6 Å². The van der Waals surface area contributed by atoms with E-state index in [9.17, 15) is 0 Å². The lowest BCUT2D eigenvalue weighted by Crippen LogP contribution is -2.59. The highest BCUT2D eigenvalue weighted by molar-refractivity contribution is 5.17. The average Bonchev–Trinajstić information content (AvgIpc) is 2.47.